The fraction of sp³-hybridized carbons (Fsp3) is 0.812. The van der Waals surface area contributed by atoms with E-state index in [1.54, 1.807) is 17.0 Å². The predicted molar refractivity (Wildman–Crippen MR) is 169 cm³/mol. The molecule has 0 bridgehead atoms. The lowest BCUT2D eigenvalue weighted by Gasteiger charge is -2.30. The van der Waals surface area contributed by atoms with Crippen molar-refractivity contribution in [2.45, 2.75) is 110 Å². The third-order valence-electron chi connectivity index (χ3n) is 7.93. The van der Waals surface area contributed by atoms with E-state index in [0.717, 1.165) is 17.6 Å². The Morgan fingerprint density at radius 1 is 0.780 bits per heavy atom. The van der Waals surface area contributed by atoms with Gasteiger partial charge in [-0.3, -0.25) is 10.1 Å². The minimum atomic E-state index is -0.377. The van der Waals surface area contributed by atoms with Crippen molar-refractivity contribution in [3.05, 3.63) is 28.3 Å². The Labute approximate surface area is 268 Å². The Kier molecular flexibility index (Phi) is 24.6. The minimum absolute atomic E-state index is 0. The highest BCUT2D eigenvalue weighted by molar-refractivity contribution is 5.68. The molecule has 3 N–H and O–H groups in total. The van der Waals surface area contributed by atoms with E-state index < -0.39 is 0 Å². The van der Waals surface area contributed by atoms with Crippen LogP contribution in [0.4, 0.5) is 17.1 Å². The molecule has 9 heteroatoms. The zero-order valence-electron chi connectivity index (χ0n) is 26.4. The van der Waals surface area contributed by atoms with E-state index in [-0.39, 0.29) is 47.8 Å². The van der Waals surface area contributed by atoms with Gasteiger partial charge in [-0.25, -0.2) is 0 Å². The highest BCUT2D eigenvalue weighted by Gasteiger charge is 2.19. The molecular formula is C32H61IN4O4. The molecule has 0 unspecified atom stereocenters. The topological polar surface area (TPSA) is 98.9 Å². The van der Waals surface area contributed by atoms with Crippen LogP contribution in [-0.4, -0.2) is 79.7 Å². The van der Waals surface area contributed by atoms with Crippen LogP contribution in [0.3, 0.4) is 0 Å². The summed E-state index contributed by atoms with van der Waals surface area (Å²) >= 11 is 0. The average molecular weight is 693 g/mol. The van der Waals surface area contributed by atoms with E-state index in [4.69, 9.17) is 0 Å². The summed E-state index contributed by atoms with van der Waals surface area (Å²) in [6.45, 7) is 5.40. The number of rotatable bonds is 27. The number of hydrogen-bond acceptors (Lipinski definition) is 6. The monoisotopic (exact) mass is 692 g/mol. The second kappa shape index (κ2) is 25.3. The van der Waals surface area contributed by atoms with Gasteiger partial charge >= 0.3 is 0 Å². The van der Waals surface area contributed by atoms with Crippen molar-refractivity contribution in [2.24, 2.45) is 0 Å². The number of halogens is 1. The molecule has 1 aromatic carbocycles. The van der Waals surface area contributed by atoms with Gasteiger partial charge in [-0.05, 0) is 25.0 Å². The maximum absolute atomic E-state index is 11.7. The highest BCUT2D eigenvalue weighted by Crippen LogP contribution is 2.29. The van der Waals surface area contributed by atoms with Gasteiger partial charge in [0, 0.05) is 24.8 Å². The molecule has 0 radical (unpaired) electrons. The Hall–Kier alpha value is -1.17. The smallest absolute Gasteiger partial charge is 0.294 e. The molecule has 0 aliphatic carbocycles. The third-order valence-corrected chi connectivity index (χ3v) is 7.93. The normalized spacial score (nSPS) is 11.3. The average Bonchev–Trinajstić information content (AvgIpc) is 2.92. The highest BCUT2D eigenvalue weighted by atomic mass is 127. The number of nitro groups is 1. The SMILES string of the molecule is CCCCCCCCCCCCCCCCCC[N+](C)(C)CCNc1ccc(N(CCO)CCO)cc1[N+](=O)[O-].[I-]. The Morgan fingerprint density at radius 2 is 1.24 bits per heavy atom. The van der Waals surface area contributed by atoms with Crippen molar-refractivity contribution in [3.8, 4) is 0 Å². The second-order valence-corrected chi connectivity index (χ2v) is 12.0. The van der Waals surface area contributed by atoms with Crippen molar-refractivity contribution in [3.63, 3.8) is 0 Å². The number of hydrogen-bond donors (Lipinski definition) is 3. The molecule has 0 aliphatic heterocycles. The van der Waals surface area contributed by atoms with Crippen LogP contribution in [0.2, 0.25) is 0 Å². The zero-order valence-corrected chi connectivity index (χ0v) is 28.6. The van der Waals surface area contributed by atoms with Crippen LogP contribution in [0.15, 0.2) is 18.2 Å². The molecule has 0 atom stereocenters. The zero-order chi connectivity index (χ0) is 29.5. The van der Waals surface area contributed by atoms with Crippen LogP contribution in [0.25, 0.3) is 0 Å². The number of nitrogens with zero attached hydrogens (tertiary/aromatic N) is 3. The molecule has 0 aromatic heterocycles. The van der Waals surface area contributed by atoms with Crippen LogP contribution in [0.1, 0.15) is 110 Å². The molecular weight excluding hydrogens is 631 g/mol. The molecule has 8 nitrogen and oxygen atoms in total. The molecule has 0 saturated carbocycles. The van der Waals surface area contributed by atoms with Crippen molar-refractivity contribution in [1.82, 2.24) is 0 Å². The first-order valence-electron chi connectivity index (χ1n) is 16.2. The summed E-state index contributed by atoms with van der Waals surface area (Å²) in [5.74, 6) is 0. The van der Waals surface area contributed by atoms with Gasteiger partial charge < -0.3 is 48.9 Å². The molecule has 240 valence electrons. The lowest BCUT2D eigenvalue weighted by atomic mass is 10.0. The minimum Gasteiger partial charge on any atom is -1.00 e. The summed E-state index contributed by atoms with van der Waals surface area (Å²) in [6.07, 6.45) is 22.0. The number of anilines is 2. The molecule has 0 amide bonds. The second-order valence-electron chi connectivity index (χ2n) is 12.0. The third kappa shape index (κ3) is 19.6. The lowest BCUT2D eigenvalue weighted by Crippen LogP contribution is -3.00. The van der Waals surface area contributed by atoms with Crippen LogP contribution in [0.5, 0.6) is 0 Å². The number of benzene rings is 1. The van der Waals surface area contributed by atoms with Crippen LogP contribution in [-0.2, 0) is 0 Å². The first-order chi connectivity index (χ1) is 19.3. The van der Waals surface area contributed by atoms with Gasteiger partial charge in [0.25, 0.3) is 5.69 Å². The molecule has 0 aliphatic rings. The van der Waals surface area contributed by atoms with Crippen LogP contribution in [0, 0.1) is 10.1 Å². The number of nitro benzene ring substituents is 1. The van der Waals surface area contributed by atoms with Crippen molar-refractivity contribution in [1.29, 1.82) is 0 Å². The number of unbranched alkanes of at least 4 members (excludes halogenated alkanes) is 15. The van der Waals surface area contributed by atoms with Crippen molar-refractivity contribution >= 4 is 17.1 Å². The number of aliphatic hydroxyl groups excluding tert-OH is 2. The van der Waals surface area contributed by atoms with Gasteiger partial charge in [-0.1, -0.05) is 96.8 Å². The van der Waals surface area contributed by atoms with Gasteiger partial charge in [0.05, 0.1) is 51.9 Å². The van der Waals surface area contributed by atoms with Crippen molar-refractivity contribution in [2.75, 3.05) is 70.2 Å². The van der Waals surface area contributed by atoms with Gasteiger partial charge in [-0.15, -0.1) is 0 Å². The molecule has 0 saturated heterocycles. The summed E-state index contributed by atoms with van der Waals surface area (Å²) in [7, 11) is 4.46. The maximum atomic E-state index is 11.7. The fourth-order valence-corrected chi connectivity index (χ4v) is 5.32. The Morgan fingerprint density at radius 3 is 1.68 bits per heavy atom. The van der Waals surface area contributed by atoms with Gasteiger partial charge in [0.1, 0.15) is 5.69 Å². The number of likely N-dealkylation sites (N-methyl/N-ethyl adjacent to an activating group) is 1. The number of aliphatic hydroxyl groups is 2. The summed E-state index contributed by atoms with van der Waals surface area (Å²) in [5.41, 5.74) is 1.14. The maximum Gasteiger partial charge on any atom is 0.294 e. The number of nitrogens with one attached hydrogen (secondary N) is 1. The quantitative estimate of drug-likeness (QED) is 0.0422. The Bertz CT molecular complexity index is 776. The first-order valence-corrected chi connectivity index (χ1v) is 16.2. The van der Waals surface area contributed by atoms with Gasteiger partial charge in [0.15, 0.2) is 0 Å². The molecule has 0 fully saturated rings. The standard InChI is InChI=1S/C32H61N4O4.HI/c1-4-5-6-7-8-9-10-11-12-13-14-15-16-17-18-19-25-36(2,3)26-22-33-31-21-20-30(29-32(31)35(39)40)34(23-27-37)24-28-38;/h20-21,29,33,37-38H,4-19,22-28H2,1-3H3;1H/q+1;/p-1. The summed E-state index contributed by atoms with van der Waals surface area (Å²) in [5, 5.41) is 33.5. The van der Waals surface area contributed by atoms with E-state index in [1.165, 1.54) is 109 Å². The van der Waals surface area contributed by atoms with E-state index in [1.807, 2.05) is 0 Å². The first kappa shape index (κ1) is 39.8. The largest absolute Gasteiger partial charge is 1.00 e. The number of quaternary nitrogens is 1. The fourth-order valence-electron chi connectivity index (χ4n) is 5.32. The van der Waals surface area contributed by atoms with Gasteiger partial charge in [-0.2, -0.15) is 0 Å². The summed E-state index contributed by atoms with van der Waals surface area (Å²) < 4.78 is 0.887. The molecule has 41 heavy (non-hydrogen) atoms. The van der Waals surface area contributed by atoms with Crippen LogP contribution < -0.4 is 34.2 Å². The molecule has 1 rings (SSSR count). The van der Waals surface area contributed by atoms with Crippen LogP contribution >= 0.6 is 0 Å². The molecule has 1 aromatic rings. The van der Waals surface area contributed by atoms with E-state index >= 15 is 0 Å². The van der Waals surface area contributed by atoms with Crippen molar-refractivity contribution < 1.29 is 43.6 Å². The van der Waals surface area contributed by atoms with E-state index in [9.17, 15) is 20.3 Å². The lowest BCUT2D eigenvalue weighted by molar-refractivity contribution is -0.888. The molecule has 0 spiro atoms. The summed E-state index contributed by atoms with van der Waals surface area (Å²) in [6, 6.07) is 5.05. The predicted octanol–water partition coefficient (Wildman–Crippen LogP) is 4.14. The van der Waals surface area contributed by atoms with E-state index in [0.29, 0.717) is 31.0 Å². The van der Waals surface area contributed by atoms with Gasteiger partial charge in [0.2, 0.25) is 0 Å². The Balaban J connectivity index is 0.0000160. The summed E-state index contributed by atoms with van der Waals surface area (Å²) in [4.78, 5) is 13.1. The van der Waals surface area contributed by atoms with E-state index in [2.05, 4.69) is 26.3 Å². The molecule has 0 heterocycles.